The van der Waals surface area contributed by atoms with Crippen LogP contribution in [0, 0.1) is 27.7 Å². The normalized spacial score (nSPS) is 13.5. The summed E-state index contributed by atoms with van der Waals surface area (Å²) in [5, 5.41) is 6.87. The molecule has 7 heteroatoms. The molecule has 184 valence electrons. The fourth-order valence-electron chi connectivity index (χ4n) is 4.73. The first kappa shape index (κ1) is 23.8. The van der Waals surface area contributed by atoms with Crippen LogP contribution in [0.15, 0.2) is 66.7 Å². The number of aryl methyl sites for hydroxylation is 4. The summed E-state index contributed by atoms with van der Waals surface area (Å²) < 4.78 is 0. The third-order valence-electron chi connectivity index (χ3n) is 6.17. The molecule has 5 rings (SSSR count). The summed E-state index contributed by atoms with van der Waals surface area (Å²) in [6.45, 7) is 11.9. The Morgan fingerprint density at radius 2 is 1.33 bits per heavy atom. The van der Waals surface area contributed by atoms with Crippen molar-refractivity contribution in [2.24, 2.45) is 0 Å². The van der Waals surface area contributed by atoms with Gasteiger partial charge in [-0.15, -0.1) is 0 Å². The molecule has 1 aliphatic rings. The lowest BCUT2D eigenvalue weighted by Crippen LogP contribution is -2.44. The maximum atomic E-state index is 5.01. The van der Waals surface area contributed by atoms with Gasteiger partial charge in [0.2, 0.25) is 17.8 Å². The Bertz CT molecular complexity index is 1310. The number of para-hydroxylation sites is 1. The lowest BCUT2D eigenvalue weighted by Gasteiger charge is -2.29. The Morgan fingerprint density at radius 1 is 0.722 bits per heavy atom. The van der Waals surface area contributed by atoms with Gasteiger partial charge >= 0.3 is 0 Å². The lowest BCUT2D eigenvalue weighted by molar-refractivity contribution is 0.579. The van der Waals surface area contributed by atoms with Gasteiger partial charge in [-0.2, -0.15) is 15.0 Å². The van der Waals surface area contributed by atoms with E-state index in [2.05, 4.69) is 96.7 Å². The molecule has 0 saturated carbocycles. The number of nitrogens with zero attached hydrogens (tertiary/aromatic N) is 5. The Morgan fingerprint density at radius 3 is 1.97 bits per heavy atom. The minimum absolute atomic E-state index is 0.531. The van der Waals surface area contributed by atoms with Gasteiger partial charge < -0.3 is 15.5 Å². The van der Waals surface area contributed by atoms with Crippen molar-refractivity contribution in [1.82, 2.24) is 20.3 Å². The highest BCUT2D eigenvalue weighted by atomic mass is 15.4. The monoisotopic (exact) mass is 479 g/mol. The molecule has 4 aromatic rings. The highest BCUT2D eigenvalue weighted by molar-refractivity contribution is 5.74. The van der Waals surface area contributed by atoms with Crippen molar-refractivity contribution in [3.05, 3.63) is 89.0 Å². The van der Waals surface area contributed by atoms with Gasteiger partial charge in [0, 0.05) is 43.2 Å². The van der Waals surface area contributed by atoms with Crippen molar-refractivity contribution in [3.8, 4) is 0 Å². The molecule has 1 aliphatic heterocycles. The second kappa shape index (κ2) is 10.3. The number of rotatable bonds is 6. The maximum Gasteiger partial charge on any atom is 0.241 e. The smallest absolute Gasteiger partial charge is 0.241 e. The van der Waals surface area contributed by atoms with Crippen molar-refractivity contribution in [2.45, 2.75) is 27.7 Å². The van der Waals surface area contributed by atoms with E-state index in [1.807, 2.05) is 18.2 Å². The number of piperazine rings is 1. The SMILES string of the molecule is Cc1cc(C)cc(Nc2nc(N3CCNCC3)nc(N(c3ccccc3)c3cc(C)cc(C)c3)n2)c1. The molecular formula is C29H33N7. The Kier molecular flexibility index (Phi) is 6.82. The average Bonchev–Trinajstić information content (AvgIpc) is 2.84. The number of nitrogens with one attached hydrogen (secondary N) is 2. The summed E-state index contributed by atoms with van der Waals surface area (Å²) in [7, 11) is 0. The zero-order valence-corrected chi connectivity index (χ0v) is 21.4. The highest BCUT2D eigenvalue weighted by Gasteiger charge is 2.22. The van der Waals surface area contributed by atoms with Gasteiger partial charge in [0.05, 0.1) is 0 Å². The van der Waals surface area contributed by atoms with Gasteiger partial charge in [-0.05, 0) is 86.3 Å². The third-order valence-corrected chi connectivity index (χ3v) is 6.17. The summed E-state index contributed by atoms with van der Waals surface area (Å²) in [6, 6.07) is 23.2. The van der Waals surface area contributed by atoms with Crippen LogP contribution in [0.5, 0.6) is 0 Å². The zero-order chi connectivity index (χ0) is 25.1. The van der Waals surface area contributed by atoms with E-state index in [-0.39, 0.29) is 0 Å². The van der Waals surface area contributed by atoms with Crippen LogP contribution in [-0.4, -0.2) is 41.1 Å². The molecular weight excluding hydrogens is 446 g/mol. The molecule has 0 spiro atoms. The van der Waals surface area contributed by atoms with Gasteiger partial charge in [-0.1, -0.05) is 30.3 Å². The van der Waals surface area contributed by atoms with Gasteiger partial charge in [-0.25, -0.2) is 0 Å². The van der Waals surface area contributed by atoms with Gasteiger partial charge in [0.15, 0.2) is 0 Å². The summed E-state index contributed by atoms with van der Waals surface area (Å²) in [5.74, 6) is 1.80. The van der Waals surface area contributed by atoms with Gasteiger partial charge in [0.25, 0.3) is 0 Å². The minimum Gasteiger partial charge on any atom is -0.338 e. The average molecular weight is 480 g/mol. The minimum atomic E-state index is 0.531. The fraction of sp³-hybridized carbons (Fsp3) is 0.276. The Balaban J connectivity index is 1.65. The molecule has 0 bridgehead atoms. The Labute approximate surface area is 213 Å². The Hall–Kier alpha value is -3.97. The molecule has 36 heavy (non-hydrogen) atoms. The summed E-state index contributed by atoms with van der Waals surface area (Å²) >= 11 is 0. The second-order valence-electron chi connectivity index (χ2n) is 9.51. The van der Waals surface area contributed by atoms with E-state index in [0.717, 1.165) is 43.2 Å². The topological polar surface area (TPSA) is 69.2 Å². The molecule has 0 unspecified atom stereocenters. The van der Waals surface area contributed by atoms with E-state index >= 15 is 0 Å². The van der Waals surface area contributed by atoms with Crippen LogP contribution in [0.25, 0.3) is 0 Å². The molecule has 3 aromatic carbocycles. The van der Waals surface area contributed by atoms with Crippen LogP contribution in [0.2, 0.25) is 0 Å². The lowest BCUT2D eigenvalue weighted by atomic mass is 10.1. The second-order valence-corrected chi connectivity index (χ2v) is 9.51. The predicted octanol–water partition coefficient (Wildman–Crippen LogP) is 5.73. The van der Waals surface area contributed by atoms with Crippen molar-refractivity contribution >= 4 is 34.9 Å². The van der Waals surface area contributed by atoms with Crippen molar-refractivity contribution in [2.75, 3.05) is 41.3 Å². The van der Waals surface area contributed by atoms with E-state index in [1.54, 1.807) is 0 Å². The van der Waals surface area contributed by atoms with Crippen LogP contribution in [-0.2, 0) is 0 Å². The predicted molar refractivity (Wildman–Crippen MR) is 148 cm³/mol. The summed E-state index contributed by atoms with van der Waals surface area (Å²) in [5.41, 5.74) is 7.75. The molecule has 0 aliphatic carbocycles. The summed E-state index contributed by atoms with van der Waals surface area (Å²) in [6.07, 6.45) is 0. The molecule has 2 N–H and O–H groups in total. The molecule has 0 amide bonds. The fourth-order valence-corrected chi connectivity index (χ4v) is 4.73. The zero-order valence-electron chi connectivity index (χ0n) is 21.4. The molecule has 0 radical (unpaired) electrons. The highest BCUT2D eigenvalue weighted by Crippen LogP contribution is 2.34. The molecule has 1 fully saturated rings. The van der Waals surface area contributed by atoms with Crippen LogP contribution in [0.1, 0.15) is 22.3 Å². The molecule has 2 heterocycles. The number of anilines is 6. The third kappa shape index (κ3) is 5.47. The molecule has 0 atom stereocenters. The van der Waals surface area contributed by atoms with Crippen LogP contribution < -0.4 is 20.4 Å². The van der Waals surface area contributed by atoms with Crippen molar-refractivity contribution < 1.29 is 0 Å². The largest absolute Gasteiger partial charge is 0.338 e. The van der Waals surface area contributed by atoms with E-state index in [4.69, 9.17) is 15.0 Å². The van der Waals surface area contributed by atoms with Gasteiger partial charge in [-0.3, -0.25) is 4.90 Å². The van der Waals surface area contributed by atoms with Crippen LogP contribution >= 0.6 is 0 Å². The van der Waals surface area contributed by atoms with E-state index < -0.39 is 0 Å². The van der Waals surface area contributed by atoms with E-state index in [9.17, 15) is 0 Å². The van der Waals surface area contributed by atoms with Crippen LogP contribution in [0.4, 0.5) is 34.9 Å². The maximum absolute atomic E-state index is 5.01. The first-order chi connectivity index (χ1) is 17.4. The van der Waals surface area contributed by atoms with Gasteiger partial charge in [0.1, 0.15) is 0 Å². The molecule has 1 aromatic heterocycles. The van der Waals surface area contributed by atoms with E-state index in [1.165, 1.54) is 22.3 Å². The first-order valence-corrected chi connectivity index (χ1v) is 12.5. The van der Waals surface area contributed by atoms with E-state index in [0.29, 0.717) is 17.8 Å². The number of aromatic nitrogens is 3. The standard InChI is InChI=1S/C29H33N7/c1-20-14-21(2)17-24(16-20)31-27-32-28(35-12-10-30-11-13-35)34-29(33-27)36(25-8-6-5-7-9-25)26-18-22(3)15-23(4)19-26/h5-9,14-19,30H,10-13H2,1-4H3,(H,31,32,33,34). The quantitative estimate of drug-likeness (QED) is 0.366. The van der Waals surface area contributed by atoms with Crippen molar-refractivity contribution in [1.29, 1.82) is 0 Å². The number of hydrogen-bond donors (Lipinski definition) is 2. The number of hydrogen-bond acceptors (Lipinski definition) is 7. The number of benzene rings is 3. The summed E-state index contributed by atoms with van der Waals surface area (Å²) in [4.78, 5) is 19.1. The molecule has 1 saturated heterocycles. The first-order valence-electron chi connectivity index (χ1n) is 12.5. The molecule has 7 nitrogen and oxygen atoms in total. The van der Waals surface area contributed by atoms with Crippen LogP contribution in [0.3, 0.4) is 0 Å². The van der Waals surface area contributed by atoms with Crippen molar-refractivity contribution in [3.63, 3.8) is 0 Å².